The van der Waals surface area contributed by atoms with Gasteiger partial charge in [0, 0.05) is 19.3 Å². The van der Waals surface area contributed by atoms with Crippen molar-refractivity contribution in [2.75, 3.05) is 13.2 Å². The van der Waals surface area contributed by atoms with Crippen molar-refractivity contribution < 1.29 is 58.2 Å². The minimum absolute atomic E-state index is 0.0612. The highest BCUT2D eigenvalue weighted by atomic mass is 16.7. The summed E-state index contributed by atoms with van der Waals surface area (Å²) in [5.41, 5.74) is 0. The number of ether oxygens (including phenoxy) is 5. The first-order valence-electron chi connectivity index (χ1n) is 31.3. The van der Waals surface area contributed by atoms with Crippen LogP contribution in [0.15, 0.2) is 60.8 Å². The molecule has 0 radical (unpaired) electrons. The molecule has 0 aliphatic carbocycles. The molecule has 0 amide bonds. The monoisotopic (exact) mass is 1080 g/mol. The van der Waals surface area contributed by atoms with Gasteiger partial charge in [-0.05, 0) is 64.2 Å². The van der Waals surface area contributed by atoms with E-state index < -0.39 is 67.3 Å². The van der Waals surface area contributed by atoms with Gasteiger partial charge in [-0.1, -0.05) is 255 Å². The number of unbranched alkanes of at least 4 members (excludes halogenated alkanes) is 29. The maximum atomic E-state index is 13.1. The number of carboxylic acids is 1. The number of esters is 3. The Kier molecular flexibility index (Phi) is 49.2. The highest BCUT2D eigenvalue weighted by molar-refractivity contribution is 5.74. The Labute approximate surface area is 468 Å². The molecule has 0 spiro atoms. The second-order valence-electron chi connectivity index (χ2n) is 21.3. The molecule has 3 N–H and O–H groups in total. The molecule has 1 fully saturated rings. The summed E-state index contributed by atoms with van der Waals surface area (Å²) in [6.45, 7) is 5.85. The van der Waals surface area contributed by atoms with Crippen LogP contribution in [0.3, 0.4) is 0 Å². The number of aliphatic hydroxyl groups is 2. The largest absolute Gasteiger partial charge is 0.479 e. The van der Waals surface area contributed by atoms with Crippen LogP contribution < -0.4 is 0 Å². The molecule has 0 aromatic carbocycles. The molecular formula is C65H112O12. The van der Waals surface area contributed by atoms with Crippen molar-refractivity contribution in [2.24, 2.45) is 0 Å². The van der Waals surface area contributed by atoms with Gasteiger partial charge in [0.2, 0.25) is 0 Å². The lowest BCUT2D eigenvalue weighted by atomic mass is 9.98. The fourth-order valence-corrected chi connectivity index (χ4v) is 9.34. The highest BCUT2D eigenvalue weighted by Crippen LogP contribution is 2.27. The van der Waals surface area contributed by atoms with Gasteiger partial charge in [0.15, 0.2) is 24.6 Å². The number of carbonyl (C=O) groups excluding carboxylic acids is 3. The quantitative estimate of drug-likeness (QED) is 0.0228. The smallest absolute Gasteiger partial charge is 0.335 e. The number of rotatable bonds is 53. The van der Waals surface area contributed by atoms with E-state index >= 15 is 0 Å². The molecule has 1 aliphatic rings. The topological polar surface area (TPSA) is 175 Å². The number of allylic oxidation sites excluding steroid dienone is 10. The average molecular weight is 1090 g/mol. The lowest BCUT2D eigenvalue weighted by Gasteiger charge is -2.40. The van der Waals surface area contributed by atoms with Gasteiger partial charge in [0.25, 0.3) is 0 Å². The molecule has 0 bridgehead atoms. The predicted molar refractivity (Wildman–Crippen MR) is 312 cm³/mol. The van der Waals surface area contributed by atoms with Gasteiger partial charge in [0.1, 0.15) is 18.8 Å². The molecule has 6 atom stereocenters. The van der Waals surface area contributed by atoms with Crippen molar-refractivity contribution in [3.05, 3.63) is 60.8 Å². The lowest BCUT2D eigenvalue weighted by molar-refractivity contribution is -0.301. The van der Waals surface area contributed by atoms with Crippen molar-refractivity contribution in [3.8, 4) is 0 Å². The number of carbonyl (C=O) groups is 4. The Morgan fingerprint density at radius 3 is 1.25 bits per heavy atom. The van der Waals surface area contributed by atoms with Gasteiger partial charge in [-0.3, -0.25) is 14.4 Å². The normalized spacial score (nSPS) is 18.4. The third kappa shape index (κ3) is 43.0. The van der Waals surface area contributed by atoms with Crippen LogP contribution in [-0.4, -0.2) is 89.2 Å². The number of carboxylic acid groups (broad SMARTS) is 1. The lowest BCUT2D eigenvalue weighted by Crippen LogP contribution is -2.61. The van der Waals surface area contributed by atoms with Gasteiger partial charge < -0.3 is 39.0 Å². The van der Waals surface area contributed by atoms with Crippen molar-refractivity contribution in [2.45, 2.75) is 314 Å². The second-order valence-corrected chi connectivity index (χ2v) is 21.3. The summed E-state index contributed by atoms with van der Waals surface area (Å²) in [5.74, 6) is -3.15. The highest BCUT2D eigenvalue weighted by Gasteiger charge is 2.50. The second kappa shape index (κ2) is 53.1. The first kappa shape index (κ1) is 71.4. The summed E-state index contributed by atoms with van der Waals surface area (Å²) in [5, 5.41) is 31.5. The molecule has 1 rings (SSSR count). The summed E-state index contributed by atoms with van der Waals surface area (Å²) < 4.78 is 28.4. The first-order chi connectivity index (χ1) is 37.6. The third-order valence-electron chi connectivity index (χ3n) is 14.1. The van der Waals surface area contributed by atoms with Crippen LogP contribution in [-0.2, 0) is 42.9 Å². The van der Waals surface area contributed by atoms with E-state index in [9.17, 15) is 34.5 Å². The van der Waals surface area contributed by atoms with Gasteiger partial charge in [0.05, 0.1) is 6.61 Å². The molecule has 1 saturated heterocycles. The van der Waals surface area contributed by atoms with Gasteiger partial charge in [-0.2, -0.15) is 0 Å². The van der Waals surface area contributed by atoms with Crippen molar-refractivity contribution in [1.82, 2.24) is 0 Å². The third-order valence-corrected chi connectivity index (χ3v) is 14.1. The molecule has 12 heteroatoms. The standard InChI is InChI=1S/C65H112O12/c1-4-7-10-13-16-19-21-23-25-27-29-31-33-35-37-40-42-45-48-51-57(66)73-54-56(75-58(67)52-49-46-43-39-18-15-12-9-6-3)55-74-65-63(61(70)60(69)62(77-65)64(71)72)76-59(68)53-50-47-44-41-38-36-34-32-30-28-26-24-22-20-17-14-11-8-5-2/h7,10,16,19,23,25,29,31,35,37,56,60-63,65,69-70H,4-6,8-9,11-15,17-18,20-22,24,26-28,30,32-34,36,38-55H2,1-3H3,(H,71,72)/b10-7-,19-16-,25-23-,31-29-,37-35-. The van der Waals surface area contributed by atoms with Gasteiger partial charge in [-0.25, -0.2) is 4.79 Å². The summed E-state index contributed by atoms with van der Waals surface area (Å²) in [4.78, 5) is 51.1. The maximum absolute atomic E-state index is 13.1. The predicted octanol–water partition coefficient (Wildman–Crippen LogP) is 16.3. The molecule has 12 nitrogen and oxygen atoms in total. The number of aliphatic carboxylic acids is 1. The van der Waals surface area contributed by atoms with Gasteiger partial charge >= 0.3 is 23.9 Å². The van der Waals surface area contributed by atoms with E-state index in [0.717, 1.165) is 96.3 Å². The number of hydrogen-bond acceptors (Lipinski definition) is 11. The maximum Gasteiger partial charge on any atom is 0.335 e. The minimum Gasteiger partial charge on any atom is -0.479 e. The minimum atomic E-state index is -1.90. The molecule has 1 aliphatic heterocycles. The van der Waals surface area contributed by atoms with Crippen molar-refractivity contribution in [1.29, 1.82) is 0 Å². The molecule has 77 heavy (non-hydrogen) atoms. The van der Waals surface area contributed by atoms with E-state index in [4.69, 9.17) is 23.7 Å². The summed E-state index contributed by atoms with van der Waals surface area (Å²) in [6.07, 6.45) is 53.5. The van der Waals surface area contributed by atoms with E-state index in [1.165, 1.54) is 122 Å². The van der Waals surface area contributed by atoms with Gasteiger partial charge in [-0.15, -0.1) is 0 Å². The van der Waals surface area contributed by atoms with E-state index in [1.807, 2.05) is 0 Å². The Hall–Kier alpha value is -3.58. The van der Waals surface area contributed by atoms with E-state index in [2.05, 4.69) is 81.5 Å². The van der Waals surface area contributed by atoms with E-state index in [-0.39, 0.29) is 25.9 Å². The Balaban J connectivity index is 2.61. The fraction of sp³-hybridized carbons (Fsp3) is 0.785. The summed E-state index contributed by atoms with van der Waals surface area (Å²) in [6, 6.07) is 0. The van der Waals surface area contributed by atoms with Crippen LogP contribution in [0.2, 0.25) is 0 Å². The van der Waals surface area contributed by atoms with Crippen LogP contribution in [0.5, 0.6) is 0 Å². The first-order valence-corrected chi connectivity index (χ1v) is 31.3. The van der Waals surface area contributed by atoms with Crippen LogP contribution in [0.1, 0.15) is 278 Å². The van der Waals surface area contributed by atoms with Crippen molar-refractivity contribution >= 4 is 23.9 Å². The Bertz CT molecular complexity index is 1570. The molecule has 0 saturated carbocycles. The molecule has 444 valence electrons. The van der Waals surface area contributed by atoms with Crippen LogP contribution in [0.4, 0.5) is 0 Å². The van der Waals surface area contributed by atoms with E-state index in [1.54, 1.807) is 0 Å². The van der Waals surface area contributed by atoms with E-state index in [0.29, 0.717) is 19.3 Å². The van der Waals surface area contributed by atoms with Crippen LogP contribution >= 0.6 is 0 Å². The zero-order valence-corrected chi connectivity index (χ0v) is 49.0. The van der Waals surface area contributed by atoms with Crippen molar-refractivity contribution in [3.63, 3.8) is 0 Å². The molecule has 1 heterocycles. The van der Waals surface area contributed by atoms with Crippen LogP contribution in [0, 0.1) is 0 Å². The average Bonchev–Trinajstić information content (AvgIpc) is 3.42. The zero-order chi connectivity index (χ0) is 56.1. The van der Waals surface area contributed by atoms with Crippen LogP contribution in [0.25, 0.3) is 0 Å². The Morgan fingerprint density at radius 1 is 0.442 bits per heavy atom. The Morgan fingerprint density at radius 2 is 0.818 bits per heavy atom. The SMILES string of the molecule is CC/C=C\C/C=C\C/C=C\C/C=C\C/C=C\CCCCCC(=O)OCC(COC1OC(C(=O)O)C(O)C(O)C1OC(=O)CCCCCCCCCCCCCCCCCCCCC)OC(=O)CCCCCCCCCCC. The zero-order valence-electron chi connectivity index (χ0n) is 49.0. The molecule has 0 aromatic rings. The molecular weight excluding hydrogens is 973 g/mol. The fourth-order valence-electron chi connectivity index (χ4n) is 9.34. The number of hydrogen-bond donors (Lipinski definition) is 3. The number of aliphatic hydroxyl groups excluding tert-OH is 2. The molecule has 0 aromatic heterocycles. The molecule has 6 unspecified atom stereocenters. The summed E-state index contributed by atoms with van der Waals surface area (Å²) >= 11 is 0. The summed E-state index contributed by atoms with van der Waals surface area (Å²) in [7, 11) is 0.